The van der Waals surface area contributed by atoms with Crippen molar-refractivity contribution in [2.24, 2.45) is 0 Å². The van der Waals surface area contributed by atoms with Crippen molar-refractivity contribution in [1.82, 2.24) is 4.90 Å². The third-order valence-electron chi connectivity index (χ3n) is 4.16. The summed E-state index contributed by atoms with van der Waals surface area (Å²) in [5.41, 5.74) is 1.06. The maximum atomic E-state index is 12.2. The van der Waals surface area contributed by atoms with E-state index in [2.05, 4.69) is 0 Å². The second-order valence-corrected chi connectivity index (χ2v) is 5.63. The number of hydrogen-bond donors (Lipinski definition) is 1. The Morgan fingerprint density at radius 1 is 1.26 bits per heavy atom. The molecule has 0 unspecified atom stereocenters. The number of amides is 1. The lowest BCUT2D eigenvalue weighted by Gasteiger charge is -2.21. The third-order valence-corrected chi connectivity index (χ3v) is 4.16. The van der Waals surface area contributed by atoms with Crippen molar-refractivity contribution >= 4 is 11.9 Å². The van der Waals surface area contributed by atoms with Crippen molar-refractivity contribution in [3.05, 3.63) is 23.8 Å². The van der Waals surface area contributed by atoms with Crippen LogP contribution in [-0.4, -0.2) is 48.7 Å². The van der Waals surface area contributed by atoms with E-state index in [0.29, 0.717) is 37.3 Å². The Morgan fingerprint density at radius 2 is 2.00 bits per heavy atom. The van der Waals surface area contributed by atoms with Crippen molar-refractivity contribution < 1.29 is 24.2 Å². The lowest BCUT2D eigenvalue weighted by molar-refractivity contribution is -0.148. The van der Waals surface area contributed by atoms with Gasteiger partial charge in [-0.2, -0.15) is 0 Å². The van der Waals surface area contributed by atoms with Crippen molar-refractivity contribution in [3.63, 3.8) is 0 Å². The number of carboxylic acids is 1. The zero-order valence-electron chi connectivity index (χ0n) is 13.6. The zero-order chi connectivity index (χ0) is 16.8. The monoisotopic (exact) mass is 321 g/mol. The van der Waals surface area contributed by atoms with Crippen LogP contribution in [0.25, 0.3) is 0 Å². The molecule has 1 aliphatic rings. The Labute approximate surface area is 136 Å². The van der Waals surface area contributed by atoms with Crippen LogP contribution >= 0.6 is 0 Å². The van der Waals surface area contributed by atoms with Gasteiger partial charge in [-0.1, -0.05) is 6.07 Å². The van der Waals surface area contributed by atoms with Gasteiger partial charge in [0.15, 0.2) is 11.5 Å². The van der Waals surface area contributed by atoms with Gasteiger partial charge in [-0.3, -0.25) is 4.79 Å². The highest BCUT2D eigenvalue weighted by atomic mass is 16.5. The molecule has 0 aromatic heterocycles. The fourth-order valence-corrected chi connectivity index (χ4v) is 2.95. The minimum Gasteiger partial charge on any atom is -0.493 e. The molecule has 6 heteroatoms. The van der Waals surface area contributed by atoms with Gasteiger partial charge in [0, 0.05) is 13.0 Å². The predicted molar refractivity (Wildman–Crippen MR) is 84.9 cm³/mol. The number of rotatable bonds is 7. The standard InChI is InChI=1S/C17H23NO5/c1-22-14-9-8-12(11-15(14)23-2)5-3-7-16(19)18-10-4-6-13(18)17(20)21/h8-9,11,13H,3-7,10H2,1-2H3,(H,20,21)/t13-/m0/s1. The lowest BCUT2D eigenvalue weighted by atomic mass is 10.1. The first-order chi connectivity index (χ1) is 11.1. The number of carbonyl (C=O) groups excluding carboxylic acids is 1. The Balaban J connectivity index is 1.87. The highest BCUT2D eigenvalue weighted by Crippen LogP contribution is 2.28. The van der Waals surface area contributed by atoms with Gasteiger partial charge >= 0.3 is 5.97 Å². The molecule has 1 aromatic carbocycles. The number of hydrogen-bond acceptors (Lipinski definition) is 4. The molecular formula is C17H23NO5. The Morgan fingerprint density at radius 3 is 2.65 bits per heavy atom. The molecule has 23 heavy (non-hydrogen) atoms. The maximum Gasteiger partial charge on any atom is 0.326 e. The Hall–Kier alpha value is -2.24. The number of likely N-dealkylation sites (tertiary alicyclic amines) is 1. The van der Waals surface area contributed by atoms with Crippen LogP contribution in [0.3, 0.4) is 0 Å². The number of aliphatic carboxylic acids is 1. The van der Waals surface area contributed by atoms with Crippen molar-refractivity contribution in [3.8, 4) is 11.5 Å². The highest BCUT2D eigenvalue weighted by molar-refractivity contribution is 5.84. The van der Waals surface area contributed by atoms with E-state index in [1.54, 1.807) is 14.2 Å². The van der Waals surface area contributed by atoms with E-state index in [0.717, 1.165) is 18.4 Å². The number of carboxylic acid groups (broad SMARTS) is 1. The van der Waals surface area contributed by atoms with Crippen LogP contribution in [0, 0.1) is 0 Å². The van der Waals surface area contributed by atoms with E-state index in [4.69, 9.17) is 14.6 Å². The van der Waals surface area contributed by atoms with Crippen molar-refractivity contribution in [2.45, 2.75) is 38.1 Å². The van der Waals surface area contributed by atoms with E-state index in [1.165, 1.54) is 4.90 Å². The molecule has 1 saturated heterocycles. The van der Waals surface area contributed by atoms with Crippen LogP contribution in [0.15, 0.2) is 18.2 Å². The van der Waals surface area contributed by atoms with Crippen LogP contribution < -0.4 is 9.47 Å². The van der Waals surface area contributed by atoms with E-state index in [-0.39, 0.29) is 5.91 Å². The second kappa shape index (κ2) is 7.85. The molecule has 0 bridgehead atoms. The molecule has 1 amide bonds. The fourth-order valence-electron chi connectivity index (χ4n) is 2.95. The molecule has 1 fully saturated rings. The lowest BCUT2D eigenvalue weighted by Crippen LogP contribution is -2.40. The molecular weight excluding hydrogens is 298 g/mol. The quantitative estimate of drug-likeness (QED) is 0.832. The van der Waals surface area contributed by atoms with Crippen LogP contribution in [0.5, 0.6) is 11.5 Å². The van der Waals surface area contributed by atoms with Gasteiger partial charge in [-0.05, 0) is 43.4 Å². The molecule has 0 radical (unpaired) electrons. The van der Waals surface area contributed by atoms with Crippen molar-refractivity contribution in [2.75, 3.05) is 20.8 Å². The number of ether oxygens (including phenoxy) is 2. The topological polar surface area (TPSA) is 76.1 Å². The number of methoxy groups -OCH3 is 2. The van der Waals surface area contributed by atoms with Gasteiger partial charge in [0.25, 0.3) is 0 Å². The van der Waals surface area contributed by atoms with Gasteiger partial charge in [-0.25, -0.2) is 4.79 Å². The average molecular weight is 321 g/mol. The van der Waals surface area contributed by atoms with Gasteiger partial charge in [0.1, 0.15) is 6.04 Å². The summed E-state index contributed by atoms with van der Waals surface area (Å²) in [6.07, 6.45) is 3.09. The van der Waals surface area contributed by atoms with Crippen LogP contribution in [0.4, 0.5) is 0 Å². The molecule has 0 aliphatic carbocycles. The minimum absolute atomic E-state index is 0.0737. The van der Waals surface area contributed by atoms with Gasteiger partial charge in [-0.15, -0.1) is 0 Å². The van der Waals surface area contributed by atoms with E-state index >= 15 is 0 Å². The van der Waals surface area contributed by atoms with Gasteiger partial charge < -0.3 is 19.5 Å². The molecule has 2 rings (SSSR count). The number of carbonyl (C=O) groups is 2. The summed E-state index contributed by atoms with van der Waals surface area (Å²) in [7, 11) is 3.18. The first kappa shape index (κ1) is 17.1. The smallest absolute Gasteiger partial charge is 0.326 e. The van der Waals surface area contributed by atoms with E-state index in [1.807, 2.05) is 18.2 Å². The van der Waals surface area contributed by atoms with E-state index < -0.39 is 12.0 Å². The average Bonchev–Trinajstić information content (AvgIpc) is 3.04. The number of benzene rings is 1. The summed E-state index contributed by atoms with van der Waals surface area (Å²) < 4.78 is 10.5. The Bertz CT molecular complexity index is 572. The first-order valence-electron chi connectivity index (χ1n) is 7.80. The van der Waals surface area contributed by atoms with E-state index in [9.17, 15) is 9.59 Å². The first-order valence-corrected chi connectivity index (χ1v) is 7.80. The molecule has 126 valence electrons. The molecule has 1 N–H and O–H groups in total. The molecule has 0 saturated carbocycles. The zero-order valence-corrected chi connectivity index (χ0v) is 13.6. The van der Waals surface area contributed by atoms with Crippen LogP contribution in [0.2, 0.25) is 0 Å². The molecule has 1 atom stereocenters. The summed E-state index contributed by atoms with van der Waals surface area (Å²) in [5, 5.41) is 9.12. The largest absolute Gasteiger partial charge is 0.493 e. The normalized spacial score (nSPS) is 17.1. The summed E-state index contributed by atoms with van der Waals surface area (Å²) in [6, 6.07) is 5.04. The highest BCUT2D eigenvalue weighted by Gasteiger charge is 2.33. The third kappa shape index (κ3) is 4.15. The van der Waals surface area contributed by atoms with Crippen LogP contribution in [0.1, 0.15) is 31.2 Å². The number of nitrogens with zero attached hydrogens (tertiary/aromatic N) is 1. The molecule has 6 nitrogen and oxygen atoms in total. The molecule has 0 spiro atoms. The van der Waals surface area contributed by atoms with Gasteiger partial charge in [0.2, 0.25) is 5.91 Å². The number of aryl methyl sites for hydroxylation is 1. The Kier molecular flexibility index (Phi) is 5.84. The summed E-state index contributed by atoms with van der Waals surface area (Å²) in [4.78, 5) is 24.8. The fraction of sp³-hybridized carbons (Fsp3) is 0.529. The second-order valence-electron chi connectivity index (χ2n) is 5.63. The minimum atomic E-state index is -0.907. The summed E-state index contributed by atoms with van der Waals surface area (Å²) in [5.74, 6) is 0.363. The summed E-state index contributed by atoms with van der Waals surface area (Å²) >= 11 is 0. The van der Waals surface area contributed by atoms with Crippen LogP contribution in [-0.2, 0) is 16.0 Å². The molecule has 1 heterocycles. The van der Waals surface area contributed by atoms with Gasteiger partial charge in [0.05, 0.1) is 14.2 Å². The SMILES string of the molecule is COc1ccc(CCCC(=O)N2CCC[C@H]2C(=O)O)cc1OC. The van der Waals surface area contributed by atoms with Crippen molar-refractivity contribution in [1.29, 1.82) is 0 Å². The molecule has 1 aromatic rings. The maximum absolute atomic E-state index is 12.2. The summed E-state index contributed by atoms with van der Waals surface area (Å²) in [6.45, 7) is 0.548. The molecule has 1 aliphatic heterocycles. The predicted octanol–water partition coefficient (Wildman–Crippen LogP) is 2.10.